The maximum absolute atomic E-state index is 13.3. The number of alkyl halides is 3. The third kappa shape index (κ3) is 3.70. The Balaban J connectivity index is 2.04. The van der Waals surface area contributed by atoms with Crippen LogP contribution in [-0.4, -0.2) is 19.5 Å². The fourth-order valence-electron chi connectivity index (χ4n) is 2.51. The number of thioether (sulfide) groups is 1. The van der Waals surface area contributed by atoms with Gasteiger partial charge in [0, 0.05) is 24.7 Å². The van der Waals surface area contributed by atoms with Crippen LogP contribution in [0.4, 0.5) is 19.0 Å². The van der Waals surface area contributed by atoms with Crippen molar-refractivity contribution < 1.29 is 13.2 Å². The topological polar surface area (TPSA) is 69.6 Å². The lowest BCUT2D eigenvalue weighted by Gasteiger charge is -2.12. The molecule has 0 aliphatic carbocycles. The molecular weight excluding hydrogens is 410 g/mol. The van der Waals surface area contributed by atoms with E-state index < -0.39 is 11.7 Å². The summed E-state index contributed by atoms with van der Waals surface area (Å²) in [5.74, 6) is 0.198. The van der Waals surface area contributed by atoms with Gasteiger partial charge in [0.25, 0.3) is 0 Å². The first-order valence-electron chi connectivity index (χ1n) is 7.25. The predicted molar refractivity (Wildman–Crippen MR) is 96.5 cm³/mol. The number of hydrogen-bond donors (Lipinski definition) is 1. The van der Waals surface area contributed by atoms with E-state index in [1.807, 2.05) is 0 Å². The average molecular weight is 422 g/mol. The van der Waals surface area contributed by atoms with Gasteiger partial charge in [-0.1, -0.05) is 35.0 Å². The SMILES string of the molecule is CC(Sc1nc(N)cc(Cl)n1)c1cc2c(C(F)(F)F)cn(C)c2c(Cl)n1. The van der Waals surface area contributed by atoms with Crippen molar-refractivity contribution >= 4 is 51.7 Å². The molecule has 3 heterocycles. The molecule has 26 heavy (non-hydrogen) atoms. The molecular formula is C15H12Cl2F3N5S. The smallest absolute Gasteiger partial charge is 0.384 e. The molecule has 3 aromatic rings. The minimum absolute atomic E-state index is 0.00511. The number of hydrogen-bond acceptors (Lipinski definition) is 5. The van der Waals surface area contributed by atoms with Crippen molar-refractivity contribution in [2.24, 2.45) is 7.05 Å². The molecule has 0 aromatic carbocycles. The Labute approximate surface area is 160 Å². The van der Waals surface area contributed by atoms with Crippen molar-refractivity contribution in [3.8, 4) is 0 Å². The fourth-order valence-corrected chi connectivity index (χ4v) is 3.95. The summed E-state index contributed by atoms with van der Waals surface area (Å²) in [5.41, 5.74) is 5.46. The Kier molecular flexibility index (Phi) is 4.98. The molecule has 0 radical (unpaired) electrons. The summed E-state index contributed by atoms with van der Waals surface area (Å²) >= 11 is 13.2. The van der Waals surface area contributed by atoms with Gasteiger partial charge in [-0.15, -0.1) is 0 Å². The standard InChI is InChI=1S/C15H12Cl2F3N5S/c1-6(26-14-23-10(16)4-11(21)24-14)9-3-7-8(15(18,19)20)5-25(2)12(7)13(17)22-9/h3-6H,1-2H3,(H2,21,23,24). The molecule has 0 aliphatic heterocycles. The summed E-state index contributed by atoms with van der Waals surface area (Å²) in [7, 11) is 1.49. The summed E-state index contributed by atoms with van der Waals surface area (Å²) in [6.45, 7) is 1.76. The van der Waals surface area contributed by atoms with Crippen LogP contribution in [0.1, 0.15) is 23.4 Å². The Bertz CT molecular complexity index is 969. The van der Waals surface area contributed by atoms with E-state index in [2.05, 4.69) is 15.0 Å². The van der Waals surface area contributed by atoms with Gasteiger partial charge in [-0.2, -0.15) is 13.2 Å². The van der Waals surface area contributed by atoms with Crippen LogP contribution >= 0.6 is 35.0 Å². The maximum atomic E-state index is 13.3. The van der Waals surface area contributed by atoms with Crippen LogP contribution in [0.5, 0.6) is 0 Å². The number of aromatic nitrogens is 4. The van der Waals surface area contributed by atoms with E-state index in [1.165, 1.54) is 35.5 Å². The molecule has 5 nitrogen and oxygen atoms in total. The van der Waals surface area contributed by atoms with Crippen LogP contribution in [0.15, 0.2) is 23.5 Å². The van der Waals surface area contributed by atoms with Crippen LogP contribution in [-0.2, 0) is 13.2 Å². The molecule has 2 N–H and O–H groups in total. The molecule has 3 aromatic heterocycles. The zero-order valence-electron chi connectivity index (χ0n) is 13.5. The first-order chi connectivity index (χ1) is 12.1. The highest BCUT2D eigenvalue weighted by atomic mass is 35.5. The fraction of sp³-hybridized carbons (Fsp3) is 0.267. The van der Waals surface area contributed by atoms with Gasteiger partial charge in [-0.3, -0.25) is 0 Å². The lowest BCUT2D eigenvalue weighted by molar-refractivity contribution is -0.136. The molecule has 0 saturated carbocycles. The lowest BCUT2D eigenvalue weighted by atomic mass is 10.1. The van der Waals surface area contributed by atoms with Gasteiger partial charge in [0.1, 0.15) is 11.0 Å². The minimum Gasteiger partial charge on any atom is -0.384 e. The molecule has 0 fully saturated rings. The largest absolute Gasteiger partial charge is 0.418 e. The highest BCUT2D eigenvalue weighted by Crippen LogP contribution is 2.40. The second-order valence-corrected chi connectivity index (χ2v) is 7.60. The molecule has 1 atom stereocenters. The van der Waals surface area contributed by atoms with Crippen LogP contribution < -0.4 is 5.73 Å². The number of rotatable bonds is 3. The number of nitrogen functional groups attached to an aromatic ring is 1. The normalized spacial score (nSPS) is 13.3. The van der Waals surface area contributed by atoms with Crippen molar-refractivity contribution in [1.82, 2.24) is 19.5 Å². The number of aryl methyl sites for hydroxylation is 1. The van der Waals surface area contributed by atoms with E-state index in [0.717, 1.165) is 6.20 Å². The molecule has 0 bridgehead atoms. The number of pyridine rings is 1. The van der Waals surface area contributed by atoms with Crippen LogP contribution in [0.2, 0.25) is 10.3 Å². The first-order valence-corrected chi connectivity index (χ1v) is 8.89. The predicted octanol–water partition coefficient (Wildman–Crippen LogP) is 5.12. The molecule has 11 heteroatoms. The zero-order chi connectivity index (χ0) is 19.2. The summed E-state index contributed by atoms with van der Waals surface area (Å²) in [6, 6.07) is 2.78. The van der Waals surface area contributed by atoms with E-state index in [0.29, 0.717) is 10.9 Å². The van der Waals surface area contributed by atoms with Crippen LogP contribution in [0.3, 0.4) is 0 Å². The summed E-state index contributed by atoms with van der Waals surface area (Å²) in [5, 5.41) is 0.0835. The Morgan fingerprint density at radius 2 is 1.88 bits per heavy atom. The van der Waals surface area contributed by atoms with E-state index in [1.54, 1.807) is 6.92 Å². The van der Waals surface area contributed by atoms with E-state index in [-0.39, 0.29) is 32.3 Å². The van der Waals surface area contributed by atoms with Gasteiger partial charge in [0.2, 0.25) is 0 Å². The maximum Gasteiger partial charge on any atom is 0.418 e. The van der Waals surface area contributed by atoms with Gasteiger partial charge in [-0.05, 0) is 13.0 Å². The molecule has 3 rings (SSSR count). The molecule has 0 aliphatic rings. The van der Waals surface area contributed by atoms with Crippen molar-refractivity contribution in [3.05, 3.63) is 39.9 Å². The van der Waals surface area contributed by atoms with Crippen LogP contribution in [0.25, 0.3) is 10.9 Å². The Morgan fingerprint density at radius 3 is 2.50 bits per heavy atom. The minimum atomic E-state index is -4.50. The van der Waals surface area contributed by atoms with Gasteiger partial charge < -0.3 is 10.3 Å². The number of anilines is 1. The molecule has 1 unspecified atom stereocenters. The van der Waals surface area contributed by atoms with E-state index in [4.69, 9.17) is 28.9 Å². The van der Waals surface area contributed by atoms with Crippen molar-refractivity contribution in [3.63, 3.8) is 0 Å². The third-order valence-electron chi connectivity index (χ3n) is 3.63. The van der Waals surface area contributed by atoms with E-state index >= 15 is 0 Å². The quantitative estimate of drug-likeness (QED) is 0.275. The highest BCUT2D eigenvalue weighted by Gasteiger charge is 2.35. The van der Waals surface area contributed by atoms with Crippen LogP contribution in [0, 0.1) is 0 Å². The number of nitrogens with two attached hydrogens (primary N) is 1. The number of nitrogens with zero attached hydrogens (tertiary/aromatic N) is 4. The second-order valence-electron chi connectivity index (χ2n) is 5.54. The Hall–Kier alpha value is -1.71. The van der Waals surface area contributed by atoms with Gasteiger partial charge in [0.05, 0.1) is 22.0 Å². The van der Waals surface area contributed by atoms with Gasteiger partial charge in [0.15, 0.2) is 10.3 Å². The highest BCUT2D eigenvalue weighted by molar-refractivity contribution is 7.99. The summed E-state index contributed by atoms with van der Waals surface area (Å²) in [4.78, 5) is 12.3. The van der Waals surface area contributed by atoms with Crippen molar-refractivity contribution in [1.29, 1.82) is 0 Å². The molecule has 138 valence electrons. The van der Waals surface area contributed by atoms with Gasteiger partial charge >= 0.3 is 6.18 Å². The lowest BCUT2D eigenvalue weighted by Crippen LogP contribution is -2.04. The second kappa shape index (κ2) is 6.79. The summed E-state index contributed by atoms with van der Waals surface area (Å²) < 4.78 is 41.2. The molecule has 0 spiro atoms. The number of halogens is 5. The first kappa shape index (κ1) is 19.1. The Morgan fingerprint density at radius 1 is 1.19 bits per heavy atom. The molecule has 0 saturated heterocycles. The summed E-state index contributed by atoms with van der Waals surface area (Å²) in [6.07, 6.45) is -3.50. The van der Waals surface area contributed by atoms with Gasteiger partial charge in [-0.25, -0.2) is 15.0 Å². The third-order valence-corrected chi connectivity index (χ3v) is 5.08. The monoisotopic (exact) mass is 421 g/mol. The van der Waals surface area contributed by atoms with Crippen molar-refractivity contribution in [2.75, 3.05) is 5.73 Å². The average Bonchev–Trinajstić information content (AvgIpc) is 2.83. The molecule has 0 amide bonds. The number of fused-ring (bicyclic) bond motifs is 1. The van der Waals surface area contributed by atoms with E-state index in [9.17, 15) is 13.2 Å². The zero-order valence-corrected chi connectivity index (χ0v) is 15.8. The van der Waals surface area contributed by atoms with Crippen molar-refractivity contribution in [2.45, 2.75) is 23.5 Å².